The van der Waals surface area contributed by atoms with E-state index in [4.69, 9.17) is 0 Å². The SMILES string of the molecule is CC(C)c1c(-c2ccnn2Cc2ccccc2)[nH]c2ncnn2c1=O. The van der Waals surface area contributed by atoms with E-state index >= 15 is 0 Å². The van der Waals surface area contributed by atoms with Crippen LogP contribution in [0.5, 0.6) is 0 Å². The van der Waals surface area contributed by atoms with Crippen LogP contribution < -0.4 is 5.56 Å². The molecule has 0 aliphatic carbocycles. The summed E-state index contributed by atoms with van der Waals surface area (Å²) in [6, 6.07) is 12.0. The topological polar surface area (TPSA) is 80.9 Å². The number of fused-ring (bicyclic) bond motifs is 1. The van der Waals surface area contributed by atoms with Gasteiger partial charge in [0, 0.05) is 11.8 Å². The van der Waals surface area contributed by atoms with Gasteiger partial charge in [0.25, 0.3) is 5.56 Å². The van der Waals surface area contributed by atoms with Crippen molar-refractivity contribution in [1.29, 1.82) is 0 Å². The van der Waals surface area contributed by atoms with Gasteiger partial charge in [-0.25, -0.2) is 0 Å². The van der Waals surface area contributed by atoms with Gasteiger partial charge in [-0.3, -0.25) is 9.48 Å². The van der Waals surface area contributed by atoms with Crippen molar-refractivity contribution in [1.82, 2.24) is 29.4 Å². The minimum absolute atomic E-state index is 0.0347. The van der Waals surface area contributed by atoms with Crippen LogP contribution in [0.3, 0.4) is 0 Å². The highest BCUT2D eigenvalue weighted by atomic mass is 16.1. The third-order valence-electron chi connectivity index (χ3n) is 4.20. The molecule has 4 rings (SSSR count). The Morgan fingerprint density at radius 2 is 1.92 bits per heavy atom. The average Bonchev–Trinajstić information content (AvgIpc) is 3.24. The van der Waals surface area contributed by atoms with Crippen molar-refractivity contribution in [3.05, 3.63) is 70.4 Å². The summed E-state index contributed by atoms with van der Waals surface area (Å²) < 4.78 is 3.19. The molecule has 25 heavy (non-hydrogen) atoms. The van der Waals surface area contributed by atoms with Crippen LogP contribution >= 0.6 is 0 Å². The molecule has 126 valence electrons. The summed E-state index contributed by atoms with van der Waals surface area (Å²) in [4.78, 5) is 20.2. The summed E-state index contributed by atoms with van der Waals surface area (Å²) in [5.41, 5.74) is 3.27. The second-order valence-electron chi connectivity index (χ2n) is 6.23. The molecule has 0 atom stereocenters. The normalized spacial score (nSPS) is 11.5. The van der Waals surface area contributed by atoms with Gasteiger partial charge < -0.3 is 4.98 Å². The zero-order valence-corrected chi connectivity index (χ0v) is 14.0. The number of hydrogen-bond acceptors (Lipinski definition) is 4. The molecule has 7 heteroatoms. The second kappa shape index (κ2) is 6.01. The van der Waals surface area contributed by atoms with Crippen LogP contribution in [0, 0.1) is 0 Å². The molecule has 0 aliphatic rings. The molecule has 4 aromatic rings. The van der Waals surface area contributed by atoms with E-state index in [1.165, 1.54) is 10.8 Å². The highest BCUT2D eigenvalue weighted by Gasteiger charge is 2.20. The monoisotopic (exact) mass is 334 g/mol. The first kappa shape index (κ1) is 15.3. The summed E-state index contributed by atoms with van der Waals surface area (Å²) in [5.74, 6) is 0.462. The maximum atomic E-state index is 12.8. The molecule has 7 nitrogen and oxygen atoms in total. The van der Waals surface area contributed by atoms with Gasteiger partial charge in [0.1, 0.15) is 6.33 Å². The molecule has 0 amide bonds. The lowest BCUT2D eigenvalue weighted by Gasteiger charge is -2.14. The molecular weight excluding hydrogens is 316 g/mol. The lowest BCUT2D eigenvalue weighted by Crippen LogP contribution is -2.23. The molecule has 0 fully saturated rings. The molecule has 0 saturated carbocycles. The van der Waals surface area contributed by atoms with Gasteiger partial charge in [-0.2, -0.15) is 19.7 Å². The Labute approximate surface area is 144 Å². The summed E-state index contributed by atoms with van der Waals surface area (Å²) in [7, 11) is 0. The molecular formula is C18H18N6O. The molecule has 0 saturated heterocycles. The van der Waals surface area contributed by atoms with Crippen molar-refractivity contribution < 1.29 is 0 Å². The predicted molar refractivity (Wildman–Crippen MR) is 94.5 cm³/mol. The van der Waals surface area contributed by atoms with Crippen molar-refractivity contribution in [2.45, 2.75) is 26.3 Å². The number of nitrogens with one attached hydrogen (secondary N) is 1. The lowest BCUT2D eigenvalue weighted by atomic mass is 10.0. The molecule has 3 heterocycles. The first-order valence-corrected chi connectivity index (χ1v) is 8.17. The number of aromatic nitrogens is 6. The highest BCUT2D eigenvalue weighted by molar-refractivity contribution is 5.61. The van der Waals surface area contributed by atoms with Gasteiger partial charge in [0.15, 0.2) is 0 Å². The molecule has 0 spiro atoms. The summed E-state index contributed by atoms with van der Waals surface area (Å²) in [6.07, 6.45) is 3.12. The minimum atomic E-state index is -0.149. The van der Waals surface area contributed by atoms with E-state index in [9.17, 15) is 4.79 Å². The Morgan fingerprint density at radius 1 is 1.12 bits per heavy atom. The minimum Gasteiger partial charge on any atom is -0.322 e. The number of rotatable bonds is 4. The van der Waals surface area contributed by atoms with E-state index in [-0.39, 0.29) is 11.5 Å². The van der Waals surface area contributed by atoms with Crippen LogP contribution in [0.2, 0.25) is 0 Å². The maximum Gasteiger partial charge on any atom is 0.279 e. The van der Waals surface area contributed by atoms with Gasteiger partial charge >= 0.3 is 0 Å². The van der Waals surface area contributed by atoms with Gasteiger partial charge in [-0.1, -0.05) is 44.2 Å². The van der Waals surface area contributed by atoms with Crippen LogP contribution in [-0.2, 0) is 6.54 Å². The van der Waals surface area contributed by atoms with Crippen LogP contribution in [0.25, 0.3) is 17.2 Å². The quantitative estimate of drug-likeness (QED) is 0.621. The molecule has 0 unspecified atom stereocenters. The zero-order valence-electron chi connectivity index (χ0n) is 14.0. The van der Waals surface area contributed by atoms with Crippen LogP contribution in [0.15, 0.2) is 53.7 Å². The van der Waals surface area contributed by atoms with Gasteiger partial charge in [0.05, 0.1) is 17.9 Å². The zero-order chi connectivity index (χ0) is 17.4. The molecule has 0 bridgehead atoms. The third kappa shape index (κ3) is 2.63. The molecule has 0 radical (unpaired) electrons. The van der Waals surface area contributed by atoms with Crippen molar-refractivity contribution in [3.63, 3.8) is 0 Å². The van der Waals surface area contributed by atoms with E-state index in [0.717, 1.165) is 17.0 Å². The first-order valence-electron chi connectivity index (χ1n) is 8.17. The fraction of sp³-hybridized carbons (Fsp3) is 0.222. The summed E-state index contributed by atoms with van der Waals surface area (Å²) in [6.45, 7) is 4.62. The smallest absolute Gasteiger partial charge is 0.279 e. The van der Waals surface area contributed by atoms with Crippen molar-refractivity contribution in [2.24, 2.45) is 0 Å². The predicted octanol–water partition coefficient (Wildman–Crippen LogP) is 2.45. The van der Waals surface area contributed by atoms with Crippen LogP contribution in [0.4, 0.5) is 0 Å². The van der Waals surface area contributed by atoms with E-state index < -0.39 is 0 Å². The van der Waals surface area contributed by atoms with Crippen molar-refractivity contribution in [3.8, 4) is 11.4 Å². The van der Waals surface area contributed by atoms with Crippen molar-refractivity contribution >= 4 is 5.78 Å². The molecule has 1 aromatic carbocycles. The second-order valence-corrected chi connectivity index (χ2v) is 6.23. The third-order valence-corrected chi connectivity index (χ3v) is 4.20. The van der Waals surface area contributed by atoms with E-state index in [0.29, 0.717) is 17.9 Å². The molecule has 1 N–H and O–H groups in total. The Bertz CT molecular complexity index is 1070. The largest absolute Gasteiger partial charge is 0.322 e. The van der Waals surface area contributed by atoms with Crippen LogP contribution in [-0.4, -0.2) is 29.4 Å². The number of aromatic amines is 1. The average molecular weight is 334 g/mol. The fourth-order valence-corrected chi connectivity index (χ4v) is 3.04. The summed E-state index contributed by atoms with van der Waals surface area (Å²) in [5, 5.41) is 8.45. The Morgan fingerprint density at radius 3 is 2.68 bits per heavy atom. The Balaban J connectivity index is 1.90. The molecule has 3 aromatic heterocycles. The summed E-state index contributed by atoms with van der Waals surface area (Å²) >= 11 is 0. The first-order chi connectivity index (χ1) is 12.1. The Hall–Kier alpha value is -3.22. The number of H-pyrrole nitrogens is 1. The number of hydrogen-bond donors (Lipinski definition) is 1. The Kier molecular flexibility index (Phi) is 3.68. The lowest BCUT2D eigenvalue weighted by molar-refractivity contribution is 0.689. The molecule has 0 aliphatic heterocycles. The van der Waals surface area contributed by atoms with Gasteiger partial charge in [-0.05, 0) is 17.5 Å². The highest BCUT2D eigenvalue weighted by Crippen LogP contribution is 2.25. The van der Waals surface area contributed by atoms with Crippen molar-refractivity contribution in [2.75, 3.05) is 0 Å². The standard InChI is InChI=1S/C18H18N6O/c1-12(2)15-16(22-18-19-11-21-24(18)17(15)25)14-8-9-20-23(14)10-13-6-4-3-5-7-13/h3-9,11-12H,10H2,1-2H3,(H,19,21,22). The van der Waals surface area contributed by atoms with Gasteiger partial charge in [-0.15, -0.1) is 0 Å². The number of nitrogens with zero attached hydrogens (tertiary/aromatic N) is 5. The fourth-order valence-electron chi connectivity index (χ4n) is 3.04. The number of benzene rings is 1. The maximum absolute atomic E-state index is 12.8. The van der Waals surface area contributed by atoms with Gasteiger partial charge in [0.2, 0.25) is 5.78 Å². The van der Waals surface area contributed by atoms with Crippen LogP contribution in [0.1, 0.15) is 30.9 Å². The van der Waals surface area contributed by atoms with E-state index in [1.807, 2.05) is 42.8 Å². The van der Waals surface area contributed by atoms with E-state index in [1.54, 1.807) is 6.20 Å². The van der Waals surface area contributed by atoms with E-state index in [2.05, 4.69) is 32.3 Å².